The number of hydrogen-bond acceptors (Lipinski definition) is 7. The van der Waals surface area contributed by atoms with Crippen LogP contribution in [0.25, 0.3) is 17.3 Å². The van der Waals surface area contributed by atoms with E-state index in [4.69, 9.17) is 9.41 Å². The van der Waals surface area contributed by atoms with Crippen LogP contribution < -0.4 is 0 Å². The molecule has 0 radical (unpaired) electrons. The number of hydrogen-bond donors (Lipinski definition) is 0. The standard InChI is InChI=1S/C33H23F3N4O2S2/c34-33(35,36)28-19-26(24-14-8-3-9-15-24)38-31(39-28)44-29-17-16-25(42-29)18-27-30(41)40(21-23-12-6-2-7-13-23)32(43-27)37-20-22-10-4-1-5-11-22/h1-19H,20-21H2/b27-18+,37-32?. The fourth-order valence-corrected chi connectivity index (χ4v) is 6.03. The summed E-state index contributed by atoms with van der Waals surface area (Å²) in [6.45, 7) is 0.770. The van der Waals surface area contributed by atoms with Crippen molar-refractivity contribution in [2.45, 2.75) is 29.5 Å². The number of amides is 1. The average molecular weight is 629 g/mol. The van der Waals surface area contributed by atoms with Crippen LogP contribution in [0.2, 0.25) is 0 Å². The van der Waals surface area contributed by atoms with Crippen LogP contribution in [0.3, 0.4) is 0 Å². The summed E-state index contributed by atoms with van der Waals surface area (Å²) in [7, 11) is 0. The van der Waals surface area contributed by atoms with Crippen LogP contribution in [0.4, 0.5) is 13.2 Å². The Balaban J connectivity index is 1.25. The Kier molecular flexibility index (Phi) is 8.67. The van der Waals surface area contributed by atoms with Crippen molar-refractivity contribution in [2.24, 2.45) is 4.99 Å². The highest BCUT2D eigenvalue weighted by Crippen LogP contribution is 2.37. The molecule has 1 amide bonds. The van der Waals surface area contributed by atoms with Gasteiger partial charge in [-0.25, -0.2) is 9.97 Å². The van der Waals surface area contributed by atoms with E-state index in [-0.39, 0.29) is 21.8 Å². The number of furan rings is 1. The lowest BCUT2D eigenvalue weighted by atomic mass is 10.1. The third-order valence-electron chi connectivity index (χ3n) is 6.44. The van der Waals surface area contributed by atoms with E-state index in [1.165, 1.54) is 11.8 Å². The highest BCUT2D eigenvalue weighted by Gasteiger charge is 2.35. The molecule has 0 aliphatic carbocycles. The molecule has 0 N–H and O–H groups in total. The molecule has 44 heavy (non-hydrogen) atoms. The van der Waals surface area contributed by atoms with Gasteiger partial charge in [0.05, 0.1) is 23.7 Å². The summed E-state index contributed by atoms with van der Waals surface area (Å²) in [5.74, 6) is 0.146. The van der Waals surface area contributed by atoms with Crippen molar-refractivity contribution in [1.29, 1.82) is 0 Å². The van der Waals surface area contributed by atoms with Gasteiger partial charge in [-0.3, -0.25) is 14.7 Å². The maximum absolute atomic E-state index is 13.6. The van der Waals surface area contributed by atoms with Crippen LogP contribution in [0.1, 0.15) is 22.6 Å². The molecule has 220 valence electrons. The van der Waals surface area contributed by atoms with E-state index in [9.17, 15) is 18.0 Å². The smallest absolute Gasteiger partial charge is 0.433 e. The number of carbonyl (C=O) groups excluding carboxylic acids is 1. The second kappa shape index (κ2) is 12.9. The lowest BCUT2D eigenvalue weighted by Crippen LogP contribution is -2.28. The minimum atomic E-state index is -4.65. The molecule has 11 heteroatoms. The molecule has 5 aromatic rings. The number of rotatable bonds is 8. The number of aromatic nitrogens is 2. The zero-order valence-electron chi connectivity index (χ0n) is 22.9. The summed E-state index contributed by atoms with van der Waals surface area (Å²) in [5, 5.41) is 0.744. The van der Waals surface area contributed by atoms with E-state index in [2.05, 4.69) is 9.97 Å². The van der Waals surface area contributed by atoms with Gasteiger partial charge in [0.1, 0.15) is 11.5 Å². The minimum Gasteiger partial charge on any atom is -0.450 e. The van der Waals surface area contributed by atoms with Crippen molar-refractivity contribution in [3.8, 4) is 11.3 Å². The zero-order valence-corrected chi connectivity index (χ0v) is 24.6. The van der Waals surface area contributed by atoms with Gasteiger partial charge in [-0.05, 0) is 52.8 Å². The van der Waals surface area contributed by atoms with Gasteiger partial charge in [0.15, 0.2) is 15.4 Å². The highest BCUT2D eigenvalue weighted by atomic mass is 32.2. The molecule has 3 heterocycles. The van der Waals surface area contributed by atoms with Gasteiger partial charge < -0.3 is 4.42 Å². The van der Waals surface area contributed by atoms with Gasteiger partial charge in [-0.1, -0.05) is 91.0 Å². The Bertz CT molecular complexity index is 1830. The van der Waals surface area contributed by atoms with E-state index in [1.807, 2.05) is 60.7 Å². The van der Waals surface area contributed by atoms with E-state index in [0.717, 1.165) is 29.0 Å². The van der Waals surface area contributed by atoms with E-state index in [0.29, 0.717) is 34.5 Å². The molecule has 2 aromatic heterocycles. The minimum absolute atomic E-state index is 0.108. The SMILES string of the molecule is O=C1/C(=C\c2ccc(Sc3nc(-c4ccccc4)cc(C(F)(F)F)n3)o2)SC(=NCc2ccccc2)N1Cc1ccccc1. The lowest BCUT2D eigenvalue weighted by Gasteiger charge is -2.15. The summed E-state index contributed by atoms with van der Waals surface area (Å²) >= 11 is 2.12. The molecule has 0 spiro atoms. The van der Waals surface area contributed by atoms with Gasteiger partial charge in [0.2, 0.25) is 0 Å². The molecule has 0 atom stereocenters. The summed E-state index contributed by atoms with van der Waals surface area (Å²) in [5.41, 5.74) is 1.62. The number of aliphatic imine (C=N–C) groups is 1. The molecule has 0 saturated carbocycles. The Morgan fingerprint density at radius 1 is 0.864 bits per heavy atom. The predicted octanol–water partition coefficient (Wildman–Crippen LogP) is 8.58. The van der Waals surface area contributed by atoms with E-state index >= 15 is 0 Å². The normalized spacial score (nSPS) is 15.4. The largest absolute Gasteiger partial charge is 0.450 e. The second-order valence-electron chi connectivity index (χ2n) is 9.62. The first-order valence-corrected chi connectivity index (χ1v) is 15.1. The van der Waals surface area contributed by atoms with Crippen molar-refractivity contribution < 1.29 is 22.4 Å². The van der Waals surface area contributed by atoms with Crippen molar-refractivity contribution in [1.82, 2.24) is 14.9 Å². The first-order chi connectivity index (χ1) is 21.3. The van der Waals surface area contributed by atoms with Crippen LogP contribution in [-0.2, 0) is 24.1 Å². The average Bonchev–Trinajstić information content (AvgIpc) is 3.60. The number of amidine groups is 1. The quantitative estimate of drug-likeness (QED) is 0.127. The van der Waals surface area contributed by atoms with E-state index < -0.39 is 11.9 Å². The molecule has 1 aliphatic rings. The van der Waals surface area contributed by atoms with Gasteiger partial charge in [0.25, 0.3) is 5.91 Å². The second-order valence-corrected chi connectivity index (χ2v) is 11.6. The number of nitrogens with zero attached hydrogens (tertiary/aromatic N) is 4. The van der Waals surface area contributed by atoms with E-state index in [1.54, 1.807) is 53.4 Å². The molecule has 0 unspecified atom stereocenters. The lowest BCUT2D eigenvalue weighted by molar-refractivity contribution is -0.141. The Hall–Kier alpha value is -4.61. The fourth-order valence-electron chi connectivity index (χ4n) is 4.33. The van der Waals surface area contributed by atoms with Crippen molar-refractivity contribution >= 4 is 40.7 Å². The summed E-state index contributed by atoms with van der Waals surface area (Å²) in [6.07, 6.45) is -3.03. The molecule has 1 fully saturated rings. The topological polar surface area (TPSA) is 71.6 Å². The maximum atomic E-state index is 13.6. The van der Waals surface area contributed by atoms with Gasteiger partial charge in [0, 0.05) is 11.6 Å². The van der Waals surface area contributed by atoms with Crippen LogP contribution in [0.5, 0.6) is 0 Å². The van der Waals surface area contributed by atoms with Crippen LogP contribution in [0.15, 0.2) is 134 Å². The van der Waals surface area contributed by atoms with Crippen molar-refractivity contribution in [3.63, 3.8) is 0 Å². The van der Waals surface area contributed by atoms with Gasteiger partial charge in [-0.2, -0.15) is 13.2 Å². The highest BCUT2D eigenvalue weighted by molar-refractivity contribution is 8.18. The Morgan fingerprint density at radius 3 is 2.20 bits per heavy atom. The maximum Gasteiger partial charge on any atom is 0.433 e. The summed E-state index contributed by atoms with van der Waals surface area (Å²) in [6, 6.07) is 32.2. The van der Waals surface area contributed by atoms with Crippen LogP contribution in [-0.4, -0.2) is 25.9 Å². The zero-order chi connectivity index (χ0) is 30.5. The monoisotopic (exact) mass is 628 g/mol. The number of carbonyl (C=O) groups is 1. The van der Waals surface area contributed by atoms with Gasteiger partial charge >= 0.3 is 6.18 Å². The van der Waals surface area contributed by atoms with Crippen LogP contribution >= 0.6 is 23.5 Å². The van der Waals surface area contributed by atoms with Gasteiger partial charge in [-0.15, -0.1) is 0 Å². The number of thioether (sulfide) groups is 1. The number of alkyl halides is 3. The Morgan fingerprint density at radius 2 is 1.52 bits per heavy atom. The molecule has 1 saturated heterocycles. The molecule has 3 aromatic carbocycles. The first kappa shape index (κ1) is 29.5. The molecule has 6 rings (SSSR count). The van der Waals surface area contributed by atoms with Crippen molar-refractivity contribution in [2.75, 3.05) is 0 Å². The number of halogens is 3. The van der Waals surface area contributed by atoms with Crippen molar-refractivity contribution in [3.05, 3.63) is 137 Å². The molecule has 0 bridgehead atoms. The molecule has 6 nitrogen and oxygen atoms in total. The first-order valence-electron chi connectivity index (χ1n) is 13.4. The molecular formula is C33H23F3N4O2S2. The summed E-state index contributed by atoms with van der Waals surface area (Å²) in [4.78, 5) is 28.4. The third-order valence-corrected chi connectivity index (χ3v) is 8.27. The molecule has 1 aliphatic heterocycles. The molecular weight excluding hydrogens is 606 g/mol. The fraction of sp³-hybridized carbons (Fsp3) is 0.0909. The third kappa shape index (κ3) is 7.12. The van der Waals surface area contributed by atoms with Crippen LogP contribution in [0, 0.1) is 0 Å². The number of benzene rings is 3. The predicted molar refractivity (Wildman–Crippen MR) is 165 cm³/mol. The Labute approximate surface area is 259 Å². The summed E-state index contributed by atoms with van der Waals surface area (Å²) < 4.78 is 46.8.